The lowest BCUT2D eigenvalue weighted by Gasteiger charge is -2.48. The first-order valence-corrected chi connectivity index (χ1v) is 12.3. The summed E-state index contributed by atoms with van der Waals surface area (Å²) < 4.78 is 2.44. The Labute approximate surface area is 191 Å². The molecule has 0 amide bonds. The molecule has 4 aromatic heterocycles. The summed E-state index contributed by atoms with van der Waals surface area (Å²) in [6, 6.07) is 16.3. The topological polar surface area (TPSA) is 30.2 Å². The summed E-state index contributed by atoms with van der Waals surface area (Å²) in [4.78, 5) is 9.06. The van der Waals surface area contributed by atoms with Gasteiger partial charge >= 0.3 is 0 Å². The van der Waals surface area contributed by atoms with Crippen LogP contribution in [0, 0.1) is 0 Å². The Bertz CT molecular complexity index is 1780. The molecule has 0 bridgehead atoms. The van der Waals surface area contributed by atoms with E-state index in [2.05, 4.69) is 63.0 Å². The summed E-state index contributed by atoms with van der Waals surface area (Å²) in [6.45, 7) is 0. The van der Waals surface area contributed by atoms with Gasteiger partial charge in [-0.15, -0.1) is 0 Å². The van der Waals surface area contributed by atoms with Gasteiger partial charge in [0.15, 0.2) is 0 Å². The van der Waals surface area contributed by atoms with Crippen LogP contribution in [0.1, 0.15) is 49.7 Å². The normalized spacial score (nSPS) is 25.7. The second-order valence-corrected chi connectivity index (χ2v) is 10.6. The molecule has 0 aliphatic heterocycles. The molecule has 9 rings (SSSR count). The smallest absolute Gasteiger partial charge is 0.0725 e. The zero-order chi connectivity index (χ0) is 21.4. The first-order chi connectivity index (χ1) is 16.3. The van der Waals surface area contributed by atoms with E-state index < -0.39 is 0 Å². The van der Waals surface area contributed by atoms with Crippen molar-refractivity contribution in [2.75, 3.05) is 0 Å². The molecule has 0 N–H and O–H groups in total. The van der Waals surface area contributed by atoms with Gasteiger partial charge in [-0.3, -0.25) is 9.97 Å². The molecule has 2 aromatic carbocycles. The summed E-state index contributed by atoms with van der Waals surface area (Å²) in [7, 11) is 0. The monoisotopic (exact) mass is 425 g/mol. The Morgan fingerprint density at radius 1 is 0.697 bits per heavy atom. The van der Waals surface area contributed by atoms with Gasteiger partial charge in [0.05, 0.1) is 28.9 Å². The Hall–Kier alpha value is -3.46. The lowest BCUT2D eigenvalue weighted by molar-refractivity contribution is 0.301. The Kier molecular flexibility index (Phi) is 2.77. The van der Waals surface area contributed by atoms with Gasteiger partial charge in [0, 0.05) is 44.8 Å². The maximum absolute atomic E-state index is 4.55. The molecule has 3 aliphatic rings. The lowest BCUT2D eigenvalue weighted by Crippen LogP contribution is -2.43. The highest BCUT2D eigenvalue weighted by Gasteiger charge is 2.62. The van der Waals surface area contributed by atoms with Crippen LogP contribution in [-0.4, -0.2) is 14.4 Å². The first kappa shape index (κ1) is 17.1. The molecule has 6 aromatic rings. The Morgan fingerprint density at radius 3 is 2.21 bits per heavy atom. The zero-order valence-corrected chi connectivity index (χ0v) is 18.4. The summed E-state index contributed by atoms with van der Waals surface area (Å²) in [6.07, 6.45) is 16.0. The lowest BCUT2D eigenvalue weighted by atomic mass is 9.55. The highest BCUT2D eigenvalue weighted by atomic mass is 14.9. The first-order valence-electron chi connectivity index (χ1n) is 12.3. The van der Waals surface area contributed by atoms with E-state index in [4.69, 9.17) is 0 Å². The van der Waals surface area contributed by atoms with E-state index in [1.54, 1.807) is 11.1 Å². The van der Waals surface area contributed by atoms with E-state index in [-0.39, 0.29) is 5.41 Å². The Balaban J connectivity index is 1.63. The quantitative estimate of drug-likeness (QED) is 0.259. The fourth-order valence-corrected chi connectivity index (χ4v) is 8.76. The maximum Gasteiger partial charge on any atom is 0.0725 e. The zero-order valence-electron chi connectivity index (χ0n) is 18.4. The molecule has 4 heterocycles. The number of hydrogen-bond acceptors (Lipinski definition) is 2. The van der Waals surface area contributed by atoms with Crippen LogP contribution in [0.3, 0.4) is 0 Å². The molecule has 2 fully saturated rings. The van der Waals surface area contributed by atoms with Crippen molar-refractivity contribution in [2.45, 2.75) is 49.4 Å². The highest BCUT2D eigenvalue weighted by Crippen LogP contribution is 2.70. The molecule has 0 saturated heterocycles. The highest BCUT2D eigenvalue weighted by molar-refractivity contribution is 6.26. The minimum absolute atomic E-state index is 0.255. The third kappa shape index (κ3) is 1.65. The van der Waals surface area contributed by atoms with Crippen LogP contribution < -0.4 is 0 Å². The fourth-order valence-electron chi connectivity index (χ4n) is 8.76. The van der Waals surface area contributed by atoms with Crippen LogP contribution in [0.4, 0.5) is 0 Å². The van der Waals surface area contributed by atoms with Gasteiger partial charge in [0.1, 0.15) is 0 Å². The van der Waals surface area contributed by atoms with E-state index in [1.807, 2.05) is 18.6 Å². The van der Waals surface area contributed by atoms with Crippen molar-refractivity contribution in [3.63, 3.8) is 0 Å². The minimum Gasteiger partial charge on any atom is -0.305 e. The average Bonchev–Trinajstić information content (AvgIpc) is 3.59. The molecule has 3 heteroatoms. The number of fused-ring (bicyclic) bond motifs is 10. The van der Waals surface area contributed by atoms with Gasteiger partial charge in [0.2, 0.25) is 0 Å². The molecular weight excluding hydrogens is 402 g/mol. The van der Waals surface area contributed by atoms with E-state index >= 15 is 0 Å². The molecule has 33 heavy (non-hydrogen) atoms. The molecule has 0 radical (unpaired) electrons. The molecule has 3 aliphatic carbocycles. The van der Waals surface area contributed by atoms with Crippen LogP contribution in [0.2, 0.25) is 0 Å². The number of nitrogens with zero attached hydrogens (tertiary/aromatic N) is 3. The molecule has 0 spiro atoms. The van der Waals surface area contributed by atoms with Crippen LogP contribution >= 0.6 is 0 Å². The molecule has 158 valence electrons. The van der Waals surface area contributed by atoms with E-state index in [1.165, 1.54) is 87.7 Å². The second kappa shape index (κ2) is 5.36. The number of aromatic nitrogens is 3. The van der Waals surface area contributed by atoms with Gasteiger partial charge in [-0.05, 0) is 66.1 Å². The third-order valence-electron chi connectivity index (χ3n) is 9.71. The summed E-state index contributed by atoms with van der Waals surface area (Å²) in [5, 5.41) is 5.49. The van der Waals surface area contributed by atoms with Crippen LogP contribution in [-0.2, 0) is 10.8 Å². The summed E-state index contributed by atoms with van der Waals surface area (Å²) in [5.74, 6) is 0. The van der Waals surface area contributed by atoms with Crippen molar-refractivity contribution in [3.05, 3.63) is 78.4 Å². The van der Waals surface area contributed by atoms with Gasteiger partial charge in [-0.1, -0.05) is 37.1 Å². The van der Waals surface area contributed by atoms with E-state index in [0.717, 1.165) is 0 Å². The van der Waals surface area contributed by atoms with Gasteiger partial charge in [-0.2, -0.15) is 0 Å². The van der Waals surface area contributed by atoms with Crippen LogP contribution in [0.5, 0.6) is 0 Å². The third-order valence-corrected chi connectivity index (χ3v) is 9.71. The average molecular weight is 426 g/mol. The van der Waals surface area contributed by atoms with E-state index in [0.29, 0.717) is 5.41 Å². The Morgan fingerprint density at radius 2 is 1.39 bits per heavy atom. The molecule has 2 saturated carbocycles. The standard InChI is InChI=1S/C30H23N3/c1-2-6-23-18(5-1)21-15-22-19-7-13-31-16-24(19)33-25-17-32-14-8-20(25)26(28(22)33)27(21)30-11-3-9-29(23,30)10-4-12-30/h1-2,5-8,13-17H,3-4,9-12H2. The molecule has 0 atom stereocenters. The molecule has 0 unspecified atom stereocenters. The predicted octanol–water partition coefficient (Wildman–Crippen LogP) is 7.15. The number of hydrogen-bond donors (Lipinski definition) is 0. The number of rotatable bonds is 0. The molecular formula is C30H23N3. The van der Waals surface area contributed by atoms with Crippen molar-refractivity contribution in [2.24, 2.45) is 0 Å². The molecule has 3 nitrogen and oxygen atoms in total. The van der Waals surface area contributed by atoms with E-state index in [9.17, 15) is 0 Å². The van der Waals surface area contributed by atoms with Crippen molar-refractivity contribution in [1.29, 1.82) is 0 Å². The number of benzene rings is 2. The van der Waals surface area contributed by atoms with Crippen molar-refractivity contribution < 1.29 is 0 Å². The van der Waals surface area contributed by atoms with Gasteiger partial charge in [0.25, 0.3) is 0 Å². The second-order valence-electron chi connectivity index (χ2n) is 10.6. The van der Waals surface area contributed by atoms with Gasteiger partial charge < -0.3 is 4.40 Å². The van der Waals surface area contributed by atoms with Crippen molar-refractivity contribution in [1.82, 2.24) is 14.4 Å². The fraction of sp³-hybridized carbons (Fsp3) is 0.267. The SMILES string of the molecule is c1ccc2c(c1)-c1cc3c4ccncc4n4c5cnccc5c(c1C15CCCC21CCC5)c34. The summed E-state index contributed by atoms with van der Waals surface area (Å²) in [5.41, 5.74) is 10.6. The maximum atomic E-state index is 4.55. The van der Waals surface area contributed by atoms with Crippen LogP contribution in [0.25, 0.3) is 49.2 Å². The minimum atomic E-state index is 0.255. The predicted molar refractivity (Wildman–Crippen MR) is 133 cm³/mol. The van der Waals surface area contributed by atoms with Crippen LogP contribution in [0.15, 0.2) is 67.3 Å². The summed E-state index contributed by atoms with van der Waals surface area (Å²) >= 11 is 0. The largest absolute Gasteiger partial charge is 0.305 e. The number of pyridine rings is 2. The van der Waals surface area contributed by atoms with Crippen molar-refractivity contribution in [3.8, 4) is 11.1 Å². The van der Waals surface area contributed by atoms with Crippen molar-refractivity contribution >= 4 is 38.1 Å². The van der Waals surface area contributed by atoms with Gasteiger partial charge in [-0.25, -0.2) is 0 Å².